The van der Waals surface area contributed by atoms with Gasteiger partial charge < -0.3 is 9.47 Å². The number of carbonyl (C=O) groups is 2. The van der Waals surface area contributed by atoms with Crippen molar-refractivity contribution < 1.29 is 27.5 Å². The van der Waals surface area contributed by atoms with Gasteiger partial charge in [-0.05, 0) is 49.4 Å². The van der Waals surface area contributed by atoms with Gasteiger partial charge in [0.2, 0.25) is 10.0 Å². The number of hydrogen-bond acceptors (Lipinski definition) is 7. The van der Waals surface area contributed by atoms with E-state index >= 15 is 0 Å². The minimum Gasteiger partial charge on any atom is -0.490 e. The van der Waals surface area contributed by atoms with E-state index in [4.69, 9.17) is 9.47 Å². The number of pyridine rings is 1. The van der Waals surface area contributed by atoms with Crippen molar-refractivity contribution in [1.82, 2.24) is 20.1 Å². The zero-order valence-electron chi connectivity index (χ0n) is 19.5. The molecule has 2 N–H and O–H groups in total. The van der Waals surface area contributed by atoms with Crippen LogP contribution in [0.4, 0.5) is 0 Å². The first-order valence-electron chi connectivity index (χ1n) is 10.6. The fourth-order valence-electron chi connectivity index (χ4n) is 2.95. The van der Waals surface area contributed by atoms with Crippen LogP contribution < -0.4 is 20.3 Å². The number of benzene rings is 2. The summed E-state index contributed by atoms with van der Waals surface area (Å²) < 4.78 is 37.1. The van der Waals surface area contributed by atoms with E-state index in [1.807, 2.05) is 13.0 Å². The number of ether oxygens (including phenoxy) is 2. The molecule has 2 aromatic carbocycles. The quantitative estimate of drug-likeness (QED) is 0.434. The van der Waals surface area contributed by atoms with Gasteiger partial charge in [-0.2, -0.15) is 0 Å². The van der Waals surface area contributed by atoms with Crippen molar-refractivity contribution in [2.24, 2.45) is 0 Å². The monoisotopic (exact) mass is 498 g/mol. The maximum Gasteiger partial charge on any atom is 0.269 e. The van der Waals surface area contributed by atoms with Crippen molar-refractivity contribution in [1.29, 1.82) is 0 Å². The maximum atomic E-state index is 12.6. The van der Waals surface area contributed by atoms with E-state index in [1.165, 1.54) is 50.5 Å². The van der Waals surface area contributed by atoms with Gasteiger partial charge in [0.15, 0.2) is 11.5 Å². The van der Waals surface area contributed by atoms with Crippen molar-refractivity contribution in [2.45, 2.75) is 18.4 Å². The van der Waals surface area contributed by atoms with Crippen molar-refractivity contribution in [3.63, 3.8) is 0 Å². The molecule has 11 heteroatoms. The van der Waals surface area contributed by atoms with Crippen LogP contribution >= 0.6 is 0 Å². The summed E-state index contributed by atoms with van der Waals surface area (Å²) in [6, 6.07) is 13.8. The lowest BCUT2D eigenvalue weighted by molar-refractivity contribution is 0.0846. The predicted molar refractivity (Wildman–Crippen MR) is 128 cm³/mol. The molecule has 0 aliphatic carbocycles. The van der Waals surface area contributed by atoms with Gasteiger partial charge in [0.1, 0.15) is 6.61 Å². The lowest BCUT2D eigenvalue weighted by Crippen LogP contribution is -2.41. The summed E-state index contributed by atoms with van der Waals surface area (Å²) in [4.78, 5) is 29.1. The maximum absolute atomic E-state index is 12.6. The van der Waals surface area contributed by atoms with E-state index in [1.54, 1.807) is 24.5 Å². The fraction of sp³-hybridized carbons (Fsp3) is 0.208. The number of sulfonamides is 1. The average Bonchev–Trinajstić information content (AvgIpc) is 2.87. The van der Waals surface area contributed by atoms with Crippen molar-refractivity contribution in [3.05, 3.63) is 83.7 Å². The largest absolute Gasteiger partial charge is 0.490 e. The smallest absolute Gasteiger partial charge is 0.269 e. The van der Waals surface area contributed by atoms with Crippen LogP contribution in [0.3, 0.4) is 0 Å². The number of amides is 2. The second-order valence-electron chi connectivity index (χ2n) is 7.47. The average molecular weight is 499 g/mol. The van der Waals surface area contributed by atoms with Gasteiger partial charge in [-0.3, -0.25) is 25.4 Å². The summed E-state index contributed by atoms with van der Waals surface area (Å²) >= 11 is 0. The fourth-order valence-corrected chi connectivity index (χ4v) is 3.90. The van der Waals surface area contributed by atoms with Crippen LogP contribution in [-0.4, -0.2) is 50.2 Å². The number of hydrogen-bond donors (Lipinski definition) is 2. The Morgan fingerprint density at radius 1 is 0.914 bits per heavy atom. The van der Waals surface area contributed by atoms with Gasteiger partial charge in [0, 0.05) is 43.2 Å². The molecule has 0 bridgehead atoms. The summed E-state index contributed by atoms with van der Waals surface area (Å²) in [5, 5.41) is 0. The molecule has 3 rings (SSSR count). The van der Waals surface area contributed by atoms with E-state index in [-0.39, 0.29) is 22.6 Å². The van der Waals surface area contributed by atoms with Crippen LogP contribution in [0.15, 0.2) is 71.9 Å². The highest BCUT2D eigenvalue weighted by Crippen LogP contribution is 2.29. The van der Waals surface area contributed by atoms with Crippen LogP contribution in [0.5, 0.6) is 11.5 Å². The molecule has 0 spiro atoms. The first kappa shape index (κ1) is 25.7. The summed E-state index contributed by atoms with van der Waals surface area (Å²) in [5.41, 5.74) is 5.79. The summed E-state index contributed by atoms with van der Waals surface area (Å²) in [7, 11) is -0.914. The van der Waals surface area contributed by atoms with Crippen LogP contribution in [0.1, 0.15) is 33.2 Å². The summed E-state index contributed by atoms with van der Waals surface area (Å²) in [5.74, 6) is -0.432. The third kappa shape index (κ3) is 6.55. The molecule has 184 valence electrons. The molecule has 2 amide bonds. The number of aromatic nitrogens is 1. The molecule has 0 saturated carbocycles. The van der Waals surface area contributed by atoms with E-state index in [9.17, 15) is 18.0 Å². The molecule has 0 saturated heterocycles. The molecule has 0 atom stereocenters. The van der Waals surface area contributed by atoms with Crippen molar-refractivity contribution >= 4 is 21.8 Å². The van der Waals surface area contributed by atoms with E-state index < -0.39 is 21.8 Å². The molecule has 0 aliphatic heterocycles. The number of nitrogens with one attached hydrogen (secondary N) is 2. The molecule has 35 heavy (non-hydrogen) atoms. The van der Waals surface area contributed by atoms with Gasteiger partial charge in [-0.1, -0.05) is 12.1 Å². The van der Waals surface area contributed by atoms with Gasteiger partial charge in [0.25, 0.3) is 11.8 Å². The van der Waals surface area contributed by atoms with Crippen molar-refractivity contribution in [2.75, 3.05) is 20.7 Å². The molecule has 0 aliphatic rings. The Morgan fingerprint density at radius 3 is 2.26 bits per heavy atom. The summed E-state index contributed by atoms with van der Waals surface area (Å²) in [6.07, 6.45) is 3.36. The third-order valence-corrected chi connectivity index (χ3v) is 6.60. The highest BCUT2D eigenvalue weighted by atomic mass is 32.2. The highest BCUT2D eigenvalue weighted by molar-refractivity contribution is 7.89. The Morgan fingerprint density at radius 2 is 1.63 bits per heavy atom. The number of nitrogens with zero attached hydrogens (tertiary/aromatic N) is 2. The van der Waals surface area contributed by atoms with Crippen LogP contribution in [0.2, 0.25) is 0 Å². The minimum atomic E-state index is -3.71. The van der Waals surface area contributed by atoms with Gasteiger partial charge >= 0.3 is 0 Å². The first-order chi connectivity index (χ1) is 16.7. The molecular weight excluding hydrogens is 472 g/mol. The highest BCUT2D eigenvalue weighted by Gasteiger charge is 2.19. The SMILES string of the molecule is CCOc1cc(C(=O)NNC(=O)c2cccc(S(=O)(=O)N(C)C)c2)ccc1OCc1cccnc1. The third-order valence-electron chi connectivity index (χ3n) is 4.79. The Hall–Kier alpha value is -3.96. The van der Waals surface area contributed by atoms with Crippen molar-refractivity contribution in [3.8, 4) is 11.5 Å². The van der Waals surface area contributed by atoms with Gasteiger partial charge in [-0.15, -0.1) is 0 Å². The van der Waals surface area contributed by atoms with E-state index in [0.29, 0.717) is 18.1 Å². The zero-order chi connectivity index (χ0) is 25.4. The molecule has 0 fully saturated rings. The lowest BCUT2D eigenvalue weighted by atomic mass is 10.2. The van der Waals surface area contributed by atoms with Gasteiger partial charge in [0.05, 0.1) is 11.5 Å². The molecule has 0 unspecified atom stereocenters. The van der Waals surface area contributed by atoms with E-state index in [0.717, 1.165) is 9.87 Å². The topological polar surface area (TPSA) is 127 Å². The molecular formula is C24H26N4O6S. The predicted octanol–water partition coefficient (Wildman–Crippen LogP) is 2.38. The van der Waals surface area contributed by atoms with E-state index in [2.05, 4.69) is 15.8 Å². The second kappa shape index (κ2) is 11.4. The molecule has 1 heterocycles. The lowest BCUT2D eigenvalue weighted by Gasteiger charge is -2.14. The number of hydrazine groups is 1. The Labute approximate surface area is 203 Å². The van der Waals surface area contributed by atoms with Crippen LogP contribution in [0.25, 0.3) is 0 Å². The Bertz CT molecular complexity index is 1300. The second-order valence-corrected chi connectivity index (χ2v) is 9.62. The Kier molecular flexibility index (Phi) is 8.39. The van der Waals surface area contributed by atoms with Gasteiger partial charge in [-0.25, -0.2) is 12.7 Å². The minimum absolute atomic E-state index is 0.0373. The molecule has 10 nitrogen and oxygen atoms in total. The zero-order valence-corrected chi connectivity index (χ0v) is 20.3. The first-order valence-corrected chi connectivity index (χ1v) is 12.1. The van der Waals surface area contributed by atoms with Crippen LogP contribution in [0, 0.1) is 0 Å². The molecule has 0 radical (unpaired) electrons. The standard InChI is InChI=1S/C24H26N4O6S/c1-4-33-22-14-19(10-11-21(22)34-16-17-7-6-12-25-15-17)24(30)27-26-23(29)18-8-5-9-20(13-18)35(31,32)28(2)3/h5-15H,4,16H2,1-3H3,(H,26,29)(H,27,30). The summed E-state index contributed by atoms with van der Waals surface area (Å²) in [6.45, 7) is 2.44. The molecule has 1 aromatic heterocycles. The van der Waals surface area contributed by atoms with Crippen LogP contribution in [-0.2, 0) is 16.6 Å². The Balaban J connectivity index is 1.67. The number of rotatable bonds is 9. The molecule has 3 aromatic rings. The normalized spacial score (nSPS) is 11.1. The number of carbonyl (C=O) groups excluding carboxylic acids is 2.